The Balaban J connectivity index is 0.000000140. The van der Waals surface area contributed by atoms with E-state index in [0.717, 1.165) is 11.4 Å². The summed E-state index contributed by atoms with van der Waals surface area (Å²) in [6.45, 7) is 3.92. The third-order valence-corrected chi connectivity index (χ3v) is 1.88. The van der Waals surface area contributed by atoms with Crippen molar-refractivity contribution in [2.24, 2.45) is 14.1 Å². The zero-order chi connectivity index (χ0) is 10.6. The van der Waals surface area contributed by atoms with Gasteiger partial charge in [-0.25, -0.2) is 0 Å². The average molecular weight is 194 g/mol. The fourth-order valence-electron chi connectivity index (χ4n) is 0.682. The second-order valence-electron chi connectivity index (χ2n) is 3.00. The number of nitrogens with zero attached hydrogens (tertiary/aromatic N) is 6. The molecule has 0 aliphatic carbocycles. The molecule has 0 N–H and O–H groups in total. The van der Waals surface area contributed by atoms with Crippen LogP contribution in [0, 0.1) is 13.8 Å². The molecule has 0 atom stereocenters. The van der Waals surface area contributed by atoms with Gasteiger partial charge in [-0.15, -0.1) is 10.2 Å². The predicted molar refractivity (Wildman–Crippen MR) is 51.5 cm³/mol. The number of hydrogen-bond donors (Lipinski definition) is 0. The van der Waals surface area contributed by atoms with Gasteiger partial charge in [-0.1, -0.05) is 10.4 Å². The summed E-state index contributed by atoms with van der Waals surface area (Å²) >= 11 is 0. The molecule has 6 heteroatoms. The van der Waals surface area contributed by atoms with E-state index in [1.54, 1.807) is 21.8 Å². The van der Waals surface area contributed by atoms with Crippen LogP contribution in [0.5, 0.6) is 0 Å². The molecule has 0 amide bonds. The molecule has 6 nitrogen and oxygen atoms in total. The Hall–Kier alpha value is -1.72. The molecular formula is C8H14N6. The van der Waals surface area contributed by atoms with E-state index in [0.29, 0.717) is 0 Å². The van der Waals surface area contributed by atoms with Gasteiger partial charge in [0.25, 0.3) is 0 Å². The van der Waals surface area contributed by atoms with Gasteiger partial charge < -0.3 is 0 Å². The van der Waals surface area contributed by atoms with Gasteiger partial charge in [-0.3, -0.25) is 9.36 Å². The molecule has 0 fully saturated rings. The molecule has 2 aromatic rings. The van der Waals surface area contributed by atoms with Crippen molar-refractivity contribution >= 4 is 0 Å². The van der Waals surface area contributed by atoms with Crippen molar-refractivity contribution in [1.29, 1.82) is 0 Å². The summed E-state index contributed by atoms with van der Waals surface area (Å²) in [4.78, 5) is 0. The molecule has 2 rings (SSSR count). The molecule has 0 saturated carbocycles. The van der Waals surface area contributed by atoms with Crippen LogP contribution in [0.2, 0.25) is 0 Å². The highest BCUT2D eigenvalue weighted by Crippen LogP contribution is 1.85. The summed E-state index contributed by atoms with van der Waals surface area (Å²) in [5, 5.41) is 14.6. The first kappa shape index (κ1) is 10.4. The highest BCUT2D eigenvalue weighted by Gasteiger charge is 1.86. The lowest BCUT2D eigenvalue weighted by atomic mass is 10.6. The van der Waals surface area contributed by atoms with Gasteiger partial charge in [0.15, 0.2) is 0 Å². The van der Waals surface area contributed by atoms with Gasteiger partial charge in [0.05, 0.1) is 23.8 Å². The summed E-state index contributed by atoms with van der Waals surface area (Å²) in [7, 11) is 3.73. The van der Waals surface area contributed by atoms with Gasteiger partial charge in [0, 0.05) is 14.1 Å². The monoisotopic (exact) mass is 194 g/mol. The number of aryl methyl sites for hydroxylation is 4. The maximum atomic E-state index is 3.68. The van der Waals surface area contributed by atoms with Crippen molar-refractivity contribution < 1.29 is 0 Å². The first-order valence-corrected chi connectivity index (χ1v) is 4.24. The molecule has 0 saturated heterocycles. The van der Waals surface area contributed by atoms with E-state index >= 15 is 0 Å². The molecule has 76 valence electrons. The quantitative estimate of drug-likeness (QED) is 0.603. The fourth-order valence-corrected chi connectivity index (χ4v) is 0.682. The van der Waals surface area contributed by atoms with Crippen molar-refractivity contribution in [1.82, 2.24) is 30.0 Å². The van der Waals surface area contributed by atoms with E-state index in [-0.39, 0.29) is 0 Å². The zero-order valence-corrected chi connectivity index (χ0v) is 8.84. The fraction of sp³-hybridized carbons (Fsp3) is 0.500. The SMILES string of the molecule is Cc1cnnn1C.Cc1cnnn1C. The Morgan fingerprint density at radius 2 is 1.21 bits per heavy atom. The van der Waals surface area contributed by atoms with Crippen molar-refractivity contribution in [3.8, 4) is 0 Å². The van der Waals surface area contributed by atoms with Gasteiger partial charge in [-0.2, -0.15) is 0 Å². The van der Waals surface area contributed by atoms with Crippen LogP contribution in [0.1, 0.15) is 11.4 Å². The van der Waals surface area contributed by atoms with Crippen LogP contribution in [0.4, 0.5) is 0 Å². The van der Waals surface area contributed by atoms with E-state index in [1.807, 2.05) is 27.9 Å². The Morgan fingerprint density at radius 3 is 1.29 bits per heavy atom. The molecule has 2 heterocycles. The maximum Gasteiger partial charge on any atom is 0.0722 e. The van der Waals surface area contributed by atoms with Crippen LogP contribution >= 0.6 is 0 Å². The molecule has 0 aliphatic rings. The molecule has 2 aromatic heterocycles. The highest BCUT2D eigenvalue weighted by molar-refractivity contribution is 4.86. The number of aromatic nitrogens is 6. The van der Waals surface area contributed by atoms with Crippen LogP contribution in [0.3, 0.4) is 0 Å². The number of hydrogen-bond acceptors (Lipinski definition) is 4. The minimum Gasteiger partial charge on any atom is -0.253 e. The molecule has 0 unspecified atom stereocenters. The van der Waals surface area contributed by atoms with Crippen LogP contribution in [0.25, 0.3) is 0 Å². The van der Waals surface area contributed by atoms with E-state index in [4.69, 9.17) is 0 Å². The molecule has 0 aliphatic heterocycles. The van der Waals surface area contributed by atoms with Crippen LogP contribution in [-0.4, -0.2) is 30.0 Å². The highest BCUT2D eigenvalue weighted by atomic mass is 15.4. The first-order valence-electron chi connectivity index (χ1n) is 4.24. The van der Waals surface area contributed by atoms with E-state index < -0.39 is 0 Å². The second-order valence-corrected chi connectivity index (χ2v) is 3.00. The lowest BCUT2D eigenvalue weighted by Crippen LogP contribution is -1.91. The van der Waals surface area contributed by atoms with Crippen molar-refractivity contribution in [3.05, 3.63) is 23.8 Å². The van der Waals surface area contributed by atoms with E-state index in [9.17, 15) is 0 Å². The molecular weight excluding hydrogens is 180 g/mol. The van der Waals surface area contributed by atoms with Crippen LogP contribution in [-0.2, 0) is 14.1 Å². The summed E-state index contributed by atoms with van der Waals surface area (Å²) in [5.41, 5.74) is 2.17. The van der Waals surface area contributed by atoms with Gasteiger partial charge in [0.1, 0.15) is 0 Å². The first-order chi connectivity index (χ1) is 6.61. The third-order valence-electron chi connectivity index (χ3n) is 1.88. The Morgan fingerprint density at radius 1 is 0.857 bits per heavy atom. The lowest BCUT2D eigenvalue weighted by molar-refractivity contribution is 0.696. The Labute approximate surface area is 82.5 Å². The molecule has 0 bridgehead atoms. The molecule has 0 aromatic carbocycles. The molecule has 14 heavy (non-hydrogen) atoms. The van der Waals surface area contributed by atoms with Gasteiger partial charge in [-0.05, 0) is 13.8 Å². The minimum atomic E-state index is 1.08. The van der Waals surface area contributed by atoms with Gasteiger partial charge in [0.2, 0.25) is 0 Å². The normalized spacial score (nSPS) is 9.43. The Kier molecular flexibility index (Phi) is 3.33. The molecule has 0 radical (unpaired) electrons. The summed E-state index contributed by atoms with van der Waals surface area (Å²) in [5.74, 6) is 0. The van der Waals surface area contributed by atoms with E-state index in [1.165, 1.54) is 0 Å². The summed E-state index contributed by atoms with van der Waals surface area (Å²) in [6, 6.07) is 0. The number of rotatable bonds is 0. The summed E-state index contributed by atoms with van der Waals surface area (Å²) in [6.07, 6.45) is 3.44. The van der Waals surface area contributed by atoms with Crippen molar-refractivity contribution in [2.45, 2.75) is 13.8 Å². The van der Waals surface area contributed by atoms with Crippen LogP contribution < -0.4 is 0 Å². The lowest BCUT2D eigenvalue weighted by Gasteiger charge is -1.84. The standard InChI is InChI=1S/2C4H7N3/c2*1-4-3-5-6-7(4)2/h2*3H,1-2H3. The van der Waals surface area contributed by atoms with Crippen molar-refractivity contribution in [2.75, 3.05) is 0 Å². The largest absolute Gasteiger partial charge is 0.253 e. The van der Waals surface area contributed by atoms with Crippen LogP contribution in [0.15, 0.2) is 12.4 Å². The Bertz CT molecular complexity index is 317. The average Bonchev–Trinajstić information content (AvgIpc) is 2.67. The zero-order valence-electron chi connectivity index (χ0n) is 8.84. The van der Waals surface area contributed by atoms with Crippen molar-refractivity contribution in [3.63, 3.8) is 0 Å². The predicted octanol–water partition coefficient (Wildman–Crippen LogP) is 0.247. The van der Waals surface area contributed by atoms with Gasteiger partial charge >= 0.3 is 0 Å². The minimum absolute atomic E-state index is 1.08. The topological polar surface area (TPSA) is 61.4 Å². The smallest absolute Gasteiger partial charge is 0.0722 e. The van der Waals surface area contributed by atoms with E-state index in [2.05, 4.69) is 20.6 Å². The molecule has 0 spiro atoms. The maximum absolute atomic E-state index is 3.68. The third kappa shape index (κ3) is 2.65. The second kappa shape index (κ2) is 4.50. The summed E-state index contributed by atoms with van der Waals surface area (Å²) < 4.78 is 3.44.